The van der Waals surface area contributed by atoms with E-state index in [2.05, 4.69) is 0 Å². The maximum Gasteiger partial charge on any atom is 0.310 e. The van der Waals surface area contributed by atoms with Crippen molar-refractivity contribution in [2.75, 3.05) is 0 Å². The summed E-state index contributed by atoms with van der Waals surface area (Å²) in [6.45, 7) is 0. The molecule has 0 spiro atoms. The summed E-state index contributed by atoms with van der Waals surface area (Å²) in [5, 5.41) is 16.4. The molecule has 7 heteroatoms. The molecule has 0 aliphatic carbocycles. The minimum absolute atomic E-state index is 0.655. The Labute approximate surface area is 90.1 Å². The number of carbonyl (C=O) groups excluding carboxylic acids is 3. The van der Waals surface area contributed by atoms with Gasteiger partial charge in [0.15, 0.2) is 11.6 Å². The molecule has 0 fully saturated rings. The highest BCUT2D eigenvalue weighted by Crippen LogP contribution is 1.99. The van der Waals surface area contributed by atoms with Crippen molar-refractivity contribution < 1.29 is 34.2 Å². The van der Waals surface area contributed by atoms with E-state index in [1.54, 1.807) is 0 Å². The minimum Gasteiger partial charge on any atom is -0.481 e. The van der Waals surface area contributed by atoms with Gasteiger partial charge in [0, 0.05) is 0 Å². The number of carboxylic acids is 2. The van der Waals surface area contributed by atoms with Gasteiger partial charge in [0.05, 0.1) is 12.8 Å². The SMILES string of the molecule is O=C(O)CC(=O)CC(=O)CC(=O)CC(=O)O. The molecule has 0 amide bonds. The predicted molar refractivity (Wildman–Crippen MR) is 48.8 cm³/mol. The summed E-state index contributed by atoms with van der Waals surface area (Å²) in [6.07, 6.45) is -2.87. The van der Waals surface area contributed by atoms with E-state index in [1.807, 2.05) is 0 Å². The molecular formula is C9H10O7. The fourth-order valence-corrected chi connectivity index (χ4v) is 0.965. The number of hydrogen-bond donors (Lipinski definition) is 2. The van der Waals surface area contributed by atoms with Crippen molar-refractivity contribution in [2.45, 2.75) is 25.7 Å². The molecule has 0 aliphatic heterocycles. The van der Waals surface area contributed by atoms with Crippen LogP contribution in [-0.2, 0) is 24.0 Å². The maximum atomic E-state index is 11.0. The zero-order valence-electron chi connectivity index (χ0n) is 8.26. The third-order valence-electron chi connectivity index (χ3n) is 1.49. The van der Waals surface area contributed by atoms with Gasteiger partial charge >= 0.3 is 11.9 Å². The molecule has 0 aromatic carbocycles. The highest BCUT2D eigenvalue weighted by atomic mass is 16.4. The largest absolute Gasteiger partial charge is 0.481 e. The molecule has 7 nitrogen and oxygen atoms in total. The fraction of sp³-hybridized carbons (Fsp3) is 0.444. The number of Topliss-reactive ketones (excluding diaryl/α,β-unsaturated/α-hetero) is 3. The van der Waals surface area contributed by atoms with Crippen LogP contribution in [0.5, 0.6) is 0 Å². The van der Waals surface area contributed by atoms with Gasteiger partial charge in [-0.3, -0.25) is 24.0 Å². The van der Waals surface area contributed by atoms with Gasteiger partial charge in [-0.25, -0.2) is 0 Å². The topological polar surface area (TPSA) is 126 Å². The lowest BCUT2D eigenvalue weighted by atomic mass is 10.1. The van der Waals surface area contributed by atoms with Crippen molar-refractivity contribution in [1.29, 1.82) is 0 Å². The molecule has 0 rings (SSSR count). The lowest BCUT2D eigenvalue weighted by molar-refractivity contribution is -0.141. The number of carbonyl (C=O) groups is 5. The fourth-order valence-electron chi connectivity index (χ4n) is 0.965. The minimum atomic E-state index is -1.35. The van der Waals surface area contributed by atoms with Gasteiger partial charge < -0.3 is 10.2 Å². The van der Waals surface area contributed by atoms with Gasteiger partial charge in [0.25, 0.3) is 0 Å². The summed E-state index contributed by atoms with van der Waals surface area (Å²) in [4.78, 5) is 52.8. The lowest BCUT2D eigenvalue weighted by Gasteiger charge is -1.97. The molecule has 0 aromatic heterocycles. The van der Waals surface area contributed by atoms with Crippen LogP contribution in [0, 0.1) is 0 Å². The van der Waals surface area contributed by atoms with Crippen LogP contribution < -0.4 is 0 Å². The number of rotatable bonds is 8. The van der Waals surface area contributed by atoms with Gasteiger partial charge in [-0.15, -0.1) is 0 Å². The molecule has 88 valence electrons. The third-order valence-corrected chi connectivity index (χ3v) is 1.49. The summed E-state index contributed by atoms with van der Waals surface area (Å²) in [5.74, 6) is -5.08. The van der Waals surface area contributed by atoms with E-state index < -0.39 is 55.0 Å². The first-order chi connectivity index (χ1) is 7.31. The monoisotopic (exact) mass is 230 g/mol. The van der Waals surface area contributed by atoms with E-state index in [0.29, 0.717) is 0 Å². The van der Waals surface area contributed by atoms with Crippen molar-refractivity contribution in [1.82, 2.24) is 0 Å². The molecule has 16 heavy (non-hydrogen) atoms. The Morgan fingerprint density at radius 2 is 0.812 bits per heavy atom. The van der Waals surface area contributed by atoms with E-state index in [4.69, 9.17) is 10.2 Å². The molecule has 0 heterocycles. The molecule has 0 saturated heterocycles. The summed E-state index contributed by atoms with van der Waals surface area (Å²) in [5.41, 5.74) is 0. The Morgan fingerprint density at radius 1 is 0.562 bits per heavy atom. The first-order valence-electron chi connectivity index (χ1n) is 4.30. The van der Waals surface area contributed by atoms with Gasteiger partial charge in [-0.05, 0) is 0 Å². The lowest BCUT2D eigenvalue weighted by Crippen LogP contribution is -2.16. The number of ketones is 3. The van der Waals surface area contributed by atoms with Crippen molar-refractivity contribution in [3.8, 4) is 0 Å². The van der Waals surface area contributed by atoms with Crippen molar-refractivity contribution in [2.24, 2.45) is 0 Å². The quantitative estimate of drug-likeness (QED) is 0.534. The average Bonchev–Trinajstić information content (AvgIpc) is 1.97. The Hall–Kier alpha value is -2.05. The summed E-state index contributed by atoms with van der Waals surface area (Å²) < 4.78 is 0. The Bertz CT molecular complexity index is 310. The second-order valence-corrected chi connectivity index (χ2v) is 3.11. The first kappa shape index (κ1) is 13.9. The number of carboxylic acid groups (broad SMARTS) is 2. The Balaban J connectivity index is 3.99. The summed E-state index contributed by atoms with van der Waals surface area (Å²) >= 11 is 0. The van der Waals surface area contributed by atoms with Crippen LogP contribution in [0.1, 0.15) is 25.7 Å². The number of aliphatic carboxylic acids is 2. The molecule has 0 atom stereocenters. The summed E-state index contributed by atoms with van der Waals surface area (Å²) in [6, 6.07) is 0. The predicted octanol–water partition coefficient (Wildman–Crippen LogP) is -0.577. The zero-order valence-corrected chi connectivity index (χ0v) is 8.26. The Morgan fingerprint density at radius 3 is 1.06 bits per heavy atom. The van der Waals surface area contributed by atoms with E-state index >= 15 is 0 Å². The maximum absolute atomic E-state index is 11.0. The van der Waals surface area contributed by atoms with Crippen molar-refractivity contribution in [3.05, 3.63) is 0 Å². The second kappa shape index (κ2) is 6.44. The third kappa shape index (κ3) is 7.36. The molecule has 0 bridgehead atoms. The van der Waals surface area contributed by atoms with E-state index in [9.17, 15) is 24.0 Å². The molecule has 0 unspecified atom stereocenters. The molecule has 0 saturated carbocycles. The van der Waals surface area contributed by atoms with E-state index in [-0.39, 0.29) is 0 Å². The van der Waals surface area contributed by atoms with Gasteiger partial charge in [0.1, 0.15) is 18.6 Å². The van der Waals surface area contributed by atoms with Crippen LogP contribution in [0.3, 0.4) is 0 Å². The molecule has 0 radical (unpaired) electrons. The van der Waals surface area contributed by atoms with Gasteiger partial charge in [0.2, 0.25) is 0 Å². The molecule has 2 N–H and O–H groups in total. The van der Waals surface area contributed by atoms with Crippen LogP contribution in [0.25, 0.3) is 0 Å². The van der Waals surface area contributed by atoms with Crippen LogP contribution in [0.2, 0.25) is 0 Å². The zero-order chi connectivity index (χ0) is 12.7. The number of hydrogen-bond acceptors (Lipinski definition) is 5. The normalized spacial score (nSPS) is 9.50. The molecule has 0 aliphatic rings. The Kier molecular flexibility index (Phi) is 5.61. The highest BCUT2D eigenvalue weighted by Gasteiger charge is 2.17. The van der Waals surface area contributed by atoms with Crippen LogP contribution in [-0.4, -0.2) is 39.5 Å². The van der Waals surface area contributed by atoms with Gasteiger partial charge in [-0.2, -0.15) is 0 Å². The first-order valence-corrected chi connectivity index (χ1v) is 4.30. The molecule has 0 aromatic rings. The van der Waals surface area contributed by atoms with Crippen molar-refractivity contribution in [3.63, 3.8) is 0 Å². The van der Waals surface area contributed by atoms with E-state index in [0.717, 1.165) is 0 Å². The van der Waals surface area contributed by atoms with Crippen LogP contribution >= 0.6 is 0 Å². The van der Waals surface area contributed by atoms with Crippen LogP contribution in [0.4, 0.5) is 0 Å². The van der Waals surface area contributed by atoms with E-state index in [1.165, 1.54) is 0 Å². The van der Waals surface area contributed by atoms with Crippen molar-refractivity contribution >= 4 is 29.3 Å². The van der Waals surface area contributed by atoms with Gasteiger partial charge in [-0.1, -0.05) is 0 Å². The molecular weight excluding hydrogens is 220 g/mol. The highest BCUT2D eigenvalue weighted by molar-refractivity contribution is 6.12. The smallest absolute Gasteiger partial charge is 0.310 e. The van der Waals surface area contributed by atoms with Crippen LogP contribution in [0.15, 0.2) is 0 Å². The second-order valence-electron chi connectivity index (χ2n) is 3.11. The standard InChI is InChI=1S/C9H10O7/c10-5(1-6(11)3-8(13)14)2-7(12)4-9(15)16/h1-4H2,(H,13,14)(H,15,16). The summed E-state index contributed by atoms with van der Waals surface area (Å²) in [7, 11) is 0. The average molecular weight is 230 g/mol.